The Balaban J connectivity index is 1.52. The number of carbonyl (C=O) groups is 3. The Morgan fingerprint density at radius 1 is 1.00 bits per heavy atom. The summed E-state index contributed by atoms with van der Waals surface area (Å²) in [6.45, 7) is 2.83. The molecule has 0 unspecified atom stereocenters. The molecule has 0 spiro atoms. The van der Waals surface area contributed by atoms with Crippen LogP contribution in [0.3, 0.4) is 0 Å². The molecule has 4 rings (SSSR count). The van der Waals surface area contributed by atoms with Gasteiger partial charge in [-0.1, -0.05) is 12.1 Å². The fraction of sp³-hybridized carbons (Fsp3) is 0.160. The zero-order valence-corrected chi connectivity index (χ0v) is 20.6. The van der Waals surface area contributed by atoms with Gasteiger partial charge in [0.25, 0.3) is 11.5 Å². The number of hydrogen-bond acceptors (Lipinski definition) is 7. The molecule has 2 aromatic heterocycles. The van der Waals surface area contributed by atoms with E-state index >= 15 is 0 Å². The van der Waals surface area contributed by atoms with Crippen LogP contribution in [0.2, 0.25) is 0 Å². The number of aryl methyl sites for hydroxylation is 1. The van der Waals surface area contributed by atoms with E-state index in [-0.39, 0.29) is 18.4 Å². The predicted molar refractivity (Wildman–Crippen MR) is 139 cm³/mol. The van der Waals surface area contributed by atoms with Crippen molar-refractivity contribution in [3.63, 3.8) is 0 Å². The molecule has 0 aliphatic carbocycles. The monoisotopic (exact) mass is 505 g/mol. The van der Waals surface area contributed by atoms with Gasteiger partial charge in [-0.05, 0) is 48.9 Å². The molecule has 11 heteroatoms. The van der Waals surface area contributed by atoms with Crippen LogP contribution in [-0.2, 0) is 16.1 Å². The molecule has 0 bridgehead atoms. The second kappa shape index (κ2) is 10.4. The molecule has 0 aliphatic rings. The minimum Gasteiger partial charge on any atom is -0.495 e. The average molecular weight is 506 g/mol. The first kappa shape index (κ1) is 24.6. The molecule has 2 heterocycles. The second-order valence-electron chi connectivity index (χ2n) is 7.88. The Labute approximate surface area is 209 Å². The highest BCUT2D eigenvalue weighted by Gasteiger charge is 2.21. The van der Waals surface area contributed by atoms with Gasteiger partial charge in [0.15, 0.2) is 0 Å². The maximum Gasteiger partial charge on any atom is 0.266 e. The molecule has 0 fully saturated rings. The Morgan fingerprint density at radius 3 is 2.33 bits per heavy atom. The molecule has 0 radical (unpaired) electrons. The molecule has 0 saturated carbocycles. The van der Waals surface area contributed by atoms with E-state index < -0.39 is 11.5 Å². The molecule has 10 nitrogen and oxygen atoms in total. The van der Waals surface area contributed by atoms with Gasteiger partial charge in [-0.25, -0.2) is 4.98 Å². The SMILES string of the molecule is COc1ccccc1NC(=O)c1sc2ncn(CC(=O)Nc3ccc(NC(C)=O)cc3)c(=O)c2c1C. The number of benzene rings is 2. The topological polar surface area (TPSA) is 131 Å². The first-order valence-corrected chi connectivity index (χ1v) is 11.7. The third-order valence-electron chi connectivity index (χ3n) is 5.28. The van der Waals surface area contributed by atoms with Crippen molar-refractivity contribution in [3.8, 4) is 5.75 Å². The number of anilines is 3. The van der Waals surface area contributed by atoms with E-state index in [9.17, 15) is 19.2 Å². The molecule has 0 atom stereocenters. The highest BCUT2D eigenvalue weighted by molar-refractivity contribution is 7.20. The summed E-state index contributed by atoms with van der Waals surface area (Å²) >= 11 is 1.11. The summed E-state index contributed by atoms with van der Waals surface area (Å²) in [5, 5.41) is 8.46. The van der Waals surface area contributed by atoms with E-state index in [0.717, 1.165) is 11.3 Å². The van der Waals surface area contributed by atoms with Crippen molar-refractivity contribution in [1.82, 2.24) is 9.55 Å². The first-order valence-electron chi connectivity index (χ1n) is 10.9. The molecule has 0 saturated heterocycles. The molecule has 36 heavy (non-hydrogen) atoms. The summed E-state index contributed by atoms with van der Waals surface area (Å²) in [5.74, 6) is -0.488. The number of para-hydroxylation sites is 2. The van der Waals surface area contributed by atoms with Crippen LogP contribution in [0.1, 0.15) is 22.2 Å². The number of nitrogens with one attached hydrogen (secondary N) is 3. The van der Waals surface area contributed by atoms with Gasteiger partial charge in [-0.2, -0.15) is 0 Å². The summed E-state index contributed by atoms with van der Waals surface area (Å²) in [7, 11) is 1.51. The highest BCUT2D eigenvalue weighted by atomic mass is 32.1. The van der Waals surface area contributed by atoms with Crippen LogP contribution >= 0.6 is 11.3 Å². The van der Waals surface area contributed by atoms with E-state index in [4.69, 9.17) is 4.74 Å². The third kappa shape index (κ3) is 5.26. The van der Waals surface area contributed by atoms with Crippen LogP contribution in [0.15, 0.2) is 59.7 Å². The van der Waals surface area contributed by atoms with E-state index in [0.29, 0.717) is 43.5 Å². The normalized spacial score (nSPS) is 10.6. The van der Waals surface area contributed by atoms with Crippen molar-refractivity contribution in [2.24, 2.45) is 0 Å². The van der Waals surface area contributed by atoms with Crippen LogP contribution in [0.5, 0.6) is 5.75 Å². The molecule has 184 valence electrons. The zero-order chi connectivity index (χ0) is 25.8. The number of fused-ring (bicyclic) bond motifs is 1. The Morgan fingerprint density at radius 2 is 1.67 bits per heavy atom. The second-order valence-corrected chi connectivity index (χ2v) is 8.87. The maximum atomic E-state index is 13.1. The van der Waals surface area contributed by atoms with Gasteiger partial charge >= 0.3 is 0 Å². The van der Waals surface area contributed by atoms with Crippen molar-refractivity contribution in [2.45, 2.75) is 20.4 Å². The molecule has 4 aromatic rings. The number of rotatable bonds is 7. The summed E-state index contributed by atoms with van der Waals surface area (Å²) in [5.41, 5.74) is 1.70. The maximum absolute atomic E-state index is 13.1. The van der Waals surface area contributed by atoms with Gasteiger partial charge in [0.2, 0.25) is 11.8 Å². The minimum atomic E-state index is -0.424. The van der Waals surface area contributed by atoms with Crippen LogP contribution in [0.25, 0.3) is 10.2 Å². The molecule has 3 amide bonds. The van der Waals surface area contributed by atoms with Crippen molar-refractivity contribution < 1.29 is 19.1 Å². The van der Waals surface area contributed by atoms with Crippen molar-refractivity contribution >= 4 is 56.3 Å². The largest absolute Gasteiger partial charge is 0.495 e. The predicted octanol–water partition coefficient (Wildman–Crippen LogP) is 3.62. The molecule has 0 aliphatic heterocycles. The molecule has 2 aromatic carbocycles. The van der Waals surface area contributed by atoms with Gasteiger partial charge in [-0.3, -0.25) is 23.7 Å². The van der Waals surface area contributed by atoms with E-state index in [1.807, 2.05) is 0 Å². The molecule has 3 N–H and O–H groups in total. The van der Waals surface area contributed by atoms with Crippen LogP contribution < -0.4 is 26.2 Å². The third-order valence-corrected chi connectivity index (χ3v) is 6.48. The number of methoxy groups -OCH3 is 1. The van der Waals surface area contributed by atoms with E-state index in [2.05, 4.69) is 20.9 Å². The fourth-order valence-corrected chi connectivity index (χ4v) is 4.65. The van der Waals surface area contributed by atoms with Crippen molar-refractivity contribution in [3.05, 3.63) is 75.7 Å². The smallest absolute Gasteiger partial charge is 0.266 e. The summed E-state index contributed by atoms with van der Waals surface area (Å²) in [6.07, 6.45) is 1.29. The standard InChI is InChI=1S/C25H23N5O5S/c1-14-21-24(36-22(14)23(33)29-18-6-4-5-7-19(18)35-3)26-13-30(25(21)34)12-20(32)28-17-10-8-16(9-11-17)27-15(2)31/h4-11,13H,12H2,1-3H3,(H,27,31)(H,28,32)(H,29,33). The number of hydrogen-bond donors (Lipinski definition) is 3. The first-order chi connectivity index (χ1) is 17.3. The molecular formula is C25H23N5O5S. The number of carbonyl (C=O) groups excluding carboxylic acids is 3. The van der Waals surface area contributed by atoms with Crippen molar-refractivity contribution in [2.75, 3.05) is 23.1 Å². The van der Waals surface area contributed by atoms with Gasteiger partial charge in [0.05, 0.1) is 29.4 Å². The van der Waals surface area contributed by atoms with Crippen LogP contribution in [-0.4, -0.2) is 34.4 Å². The fourth-order valence-electron chi connectivity index (χ4n) is 3.61. The summed E-state index contributed by atoms with van der Waals surface area (Å²) in [4.78, 5) is 54.8. The van der Waals surface area contributed by atoms with Gasteiger partial charge in [0.1, 0.15) is 17.1 Å². The van der Waals surface area contributed by atoms with E-state index in [1.165, 1.54) is 24.9 Å². The number of ether oxygens (including phenoxy) is 1. The van der Waals surface area contributed by atoms with Crippen LogP contribution in [0.4, 0.5) is 17.1 Å². The Kier molecular flexibility index (Phi) is 7.11. The lowest BCUT2D eigenvalue weighted by Gasteiger charge is -2.09. The van der Waals surface area contributed by atoms with Gasteiger partial charge < -0.3 is 20.7 Å². The van der Waals surface area contributed by atoms with Gasteiger partial charge in [0, 0.05) is 18.3 Å². The highest BCUT2D eigenvalue weighted by Crippen LogP contribution is 2.29. The lowest BCUT2D eigenvalue weighted by molar-refractivity contribution is -0.117. The zero-order valence-electron chi connectivity index (χ0n) is 19.7. The van der Waals surface area contributed by atoms with Crippen molar-refractivity contribution in [1.29, 1.82) is 0 Å². The summed E-state index contributed by atoms with van der Waals surface area (Å²) in [6, 6.07) is 13.6. The molecular weight excluding hydrogens is 482 g/mol. The van der Waals surface area contributed by atoms with Crippen LogP contribution in [0, 0.1) is 6.92 Å². The lowest BCUT2D eigenvalue weighted by atomic mass is 10.2. The number of nitrogens with zero attached hydrogens (tertiary/aromatic N) is 2. The number of amides is 3. The number of thiophene rings is 1. The number of aromatic nitrogens is 2. The summed E-state index contributed by atoms with van der Waals surface area (Å²) < 4.78 is 6.47. The average Bonchev–Trinajstić information content (AvgIpc) is 3.19. The van der Waals surface area contributed by atoms with Gasteiger partial charge in [-0.15, -0.1) is 11.3 Å². The Bertz CT molecular complexity index is 1520. The minimum absolute atomic E-state index is 0.196. The lowest BCUT2D eigenvalue weighted by Crippen LogP contribution is -2.28. The Hall–Kier alpha value is -4.51. The van der Waals surface area contributed by atoms with E-state index in [1.54, 1.807) is 55.5 Å². The quantitative estimate of drug-likeness (QED) is 0.352.